The molecule has 0 amide bonds. The van der Waals surface area contributed by atoms with Crippen LogP contribution in [0.2, 0.25) is 0 Å². The van der Waals surface area contributed by atoms with Crippen LogP contribution in [0.5, 0.6) is 0 Å². The number of nitrogens with one attached hydrogen (secondary N) is 2. The van der Waals surface area contributed by atoms with Crippen LogP contribution >= 0.6 is 0 Å². The van der Waals surface area contributed by atoms with E-state index in [9.17, 15) is 4.39 Å². The molecule has 0 atom stereocenters. The zero-order chi connectivity index (χ0) is 17.7. The minimum absolute atomic E-state index is 0.192. The van der Waals surface area contributed by atoms with Gasteiger partial charge in [-0.15, -0.1) is 0 Å². The van der Waals surface area contributed by atoms with Crippen LogP contribution in [0.1, 0.15) is 35.0 Å². The molecule has 130 valence electrons. The van der Waals surface area contributed by atoms with Crippen molar-refractivity contribution in [2.24, 2.45) is 12.0 Å². The third-order valence-electron chi connectivity index (χ3n) is 4.09. The highest BCUT2D eigenvalue weighted by Crippen LogP contribution is 2.12. The molecule has 0 radical (unpaired) electrons. The van der Waals surface area contributed by atoms with Gasteiger partial charge in [0, 0.05) is 31.4 Å². The van der Waals surface area contributed by atoms with Crippen LogP contribution < -0.4 is 10.6 Å². The topological polar surface area (TPSA) is 54.2 Å². The normalized spacial score (nSPS) is 11.7. The third-order valence-corrected chi connectivity index (χ3v) is 4.09. The fraction of sp³-hybridized carbons (Fsp3) is 0.444. The van der Waals surface area contributed by atoms with Crippen LogP contribution in [0.25, 0.3) is 0 Å². The SMILES string of the molecule is CCNC(=NCc1ccc(C)c(F)c1)NCc1c(C)nn(C)c1C. The lowest BCUT2D eigenvalue weighted by Crippen LogP contribution is -2.37. The second-order valence-corrected chi connectivity index (χ2v) is 5.91. The highest BCUT2D eigenvalue weighted by atomic mass is 19.1. The second-order valence-electron chi connectivity index (χ2n) is 5.91. The van der Waals surface area contributed by atoms with Gasteiger partial charge in [-0.3, -0.25) is 4.68 Å². The Morgan fingerprint density at radius 1 is 1.25 bits per heavy atom. The van der Waals surface area contributed by atoms with Gasteiger partial charge in [-0.25, -0.2) is 9.38 Å². The lowest BCUT2D eigenvalue weighted by Gasteiger charge is -2.12. The molecule has 0 aliphatic heterocycles. The highest BCUT2D eigenvalue weighted by molar-refractivity contribution is 5.79. The van der Waals surface area contributed by atoms with Crippen LogP contribution in [0.4, 0.5) is 4.39 Å². The first-order chi connectivity index (χ1) is 11.4. The van der Waals surface area contributed by atoms with Crippen molar-refractivity contribution in [1.29, 1.82) is 0 Å². The van der Waals surface area contributed by atoms with E-state index in [2.05, 4.69) is 27.6 Å². The molecular weight excluding hydrogens is 305 g/mol. The summed E-state index contributed by atoms with van der Waals surface area (Å²) in [7, 11) is 1.94. The highest BCUT2D eigenvalue weighted by Gasteiger charge is 2.09. The van der Waals surface area contributed by atoms with Gasteiger partial charge in [-0.05, 0) is 44.9 Å². The van der Waals surface area contributed by atoms with Gasteiger partial charge in [0.2, 0.25) is 0 Å². The van der Waals surface area contributed by atoms with Crippen molar-refractivity contribution in [3.05, 3.63) is 52.1 Å². The summed E-state index contributed by atoms with van der Waals surface area (Å²) in [4.78, 5) is 4.54. The molecule has 24 heavy (non-hydrogen) atoms. The Labute approximate surface area is 143 Å². The number of benzene rings is 1. The van der Waals surface area contributed by atoms with E-state index in [-0.39, 0.29) is 5.82 Å². The standard InChI is InChI=1S/C18H26FN5/c1-6-20-18(21-10-15-8-7-12(2)17(19)9-15)22-11-16-13(3)23-24(5)14(16)4/h7-9H,6,10-11H2,1-5H3,(H2,20,21,22). The van der Waals surface area contributed by atoms with Gasteiger partial charge in [-0.1, -0.05) is 12.1 Å². The molecule has 0 aliphatic rings. The van der Waals surface area contributed by atoms with Crippen molar-refractivity contribution in [2.75, 3.05) is 6.54 Å². The molecule has 0 aliphatic carbocycles. The van der Waals surface area contributed by atoms with Crippen molar-refractivity contribution in [1.82, 2.24) is 20.4 Å². The first-order valence-electron chi connectivity index (χ1n) is 8.18. The monoisotopic (exact) mass is 331 g/mol. The fourth-order valence-electron chi connectivity index (χ4n) is 2.49. The van der Waals surface area contributed by atoms with Crippen molar-refractivity contribution in [3.8, 4) is 0 Å². The van der Waals surface area contributed by atoms with Crippen molar-refractivity contribution in [2.45, 2.75) is 40.8 Å². The largest absolute Gasteiger partial charge is 0.357 e. The summed E-state index contributed by atoms with van der Waals surface area (Å²) in [6.45, 7) is 9.67. The van der Waals surface area contributed by atoms with E-state index in [1.807, 2.05) is 31.6 Å². The molecule has 0 saturated carbocycles. The zero-order valence-electron chi connectivity index (χ0n) is 15.1. The first-order valence-corrected chi connectivity index (χ1v) is 8.18. The van der Waals surface area contributed by atoms with E-state index < -0.39 is 0 Å². The Morgan fingerprint density at radius 2 is 2.00 bits per heavy atom. The molecule has 0 unspecified atom stereocenters. The summed E-state index contributed by atoms with van der Waals surface area (Å²) in [5.74, 6) is 0.517. The summed E-state index contributed by atoms with van der Waals surface area (Å²) < 4.78 is 15.5. The lowest BCUT2D eigenvalue weighted by molar-refractivity contribution is 0.616. The van der Waals surface area contributed by atoms with Crippen molar-refractivity contribution >= 4 is 5.96 Å². The molecule has 0 saturated heterocycles. The van der Waals surface area contributed by atoms with Crippen LogP contribution in [0.3, 0.4) is 0 Å². The van der Waals surface area contributed by atoms with E-state index in [0.717, 1.165) is 23.5 Å². The molecule has 2 N–H and O–H groups in total. The Balaban J connectivity index is 2.06. The van der Waals surface area contributed by atoms with Gasteiger partial charge in [0.25, 0.3) is 0 Å². The predicted octanol–water partition coefficient (Wildman–Crippen LogP) is 2.74. The molecule has 5 nitrogen and oxygen atoms in total. The van der Waals surface area contributed by atoms with Crippen molar-refractivity contribution < 1.29 is 4.39 Å². The molecule has 2 aromatic rings. The maximum Gasteiger partial charge on any atom is 0.191 e. The smallest absolute Gasteiger partial charge is 0.191 e. The van der Waals surface area contributed by atoms with Gasteiger partial charge in [-0.2, -0.15) is 5.10 Å². The van der Waals surface area contributed by atoms with E-state index >= 15 is 0 Å². The van der Waals surface area contributed by atoms with E-state index in [0.29, 0.717) is 24.6 Å². The maximum absolute atomic E-state index is 13.6. The molecule has 2 rings (SSSR count). The minimum atomic E-state index is -0.192. The van der Waals surface area contributed by atoms with Crippen LogP contribution in [-0.4, -0.2) is 22.3 Å². The maximum atomic E-state index is 13.6. The fourth-order valence-corrected chi connectivity index (χ4v) is 2.49. The zero-order valence-corrected chi connectivity index (χ0v) is 15.1. The number of aryl methyl sites for hydroxylation is 3. The average molecular weight is 331 g/mol. The quantitative estimate of drug-likeness (QED) is 0.654. The van der Waals surface area contributed by atoms with E-state index in [1.165, 1.54) is 11.6 Å². The molecule has 6 heteroatoms. The van der Waals surface area contributed by atoms with E-state index in [4.69, 9.17) is 0 Å². The Morgan fingerprint density at radius 3 is 2.58 bits per heavy atom. The summed E-state index contributed by atoms with van der Waals surface area (Å²) in [5.41, 5.74) is 4.82. The van der Waals surface area contributed by atoms with Gasteiger partial charge < -0.3 is 10.6 Å². The number of halogens is 1. The summed E-state index contributed by atoms with van der Waals surface area (Å²) in [5, 5.41) is 11.0. The number of guanidine groups is 1. The third kappa shape index (κ3) is 4.34. The first kappa shape index (κ1) is 18.0. The Hall–Kier alpha value is -2.37. The molecule has 1 heterocycles. The summed E-state index contributed by atoms with van der Waals surface area (Å²) in [6, 6.07) is 5.22. The molecule has 0 fully saturated rings. The van der Waals surface area contributed by atoms with Gasteiger partial charge in [0.1, 0.15) is 5.82 Å². The lowest BCUT2D eigenvalue weighted by atomic mass is 10.1. The van der Waals surface area contributed by atoms with Crippen LogP contribution in [0.15, 0.2) is 23.2 Å². The molecular formula is C18H26FN5. The number of rotatable bonds is 5. The number of hydrogen-bond donors (Lipinski definition) is 2. The predicted molar refractivity (Wildman–Crippen MR) is 95.5 cm³/mol. The van der Waals surface area contributed by atoms with Gasteiger partial charge in [0.15, 0.2) is 5.96 Å². The second kappa shape index (κ2) is 7.95. The Kier molecular flexibility index (Phi) is 5.95. The molecule has 0 bridgehead atoms. The minimum Gasteiger partial charge on any atom is -0.357 e. The molecule has 1 aromatic heterocycles. The average Bonchev–Trinajstić information content (AvgIpc) is 2.78. The van der Waals surface area contributed by atoms with Crippen LogP contribution in [0, 0.1) is 26.6 Å². The molecule has 0 spiro atoms. The van der Waals surface area contributed by atoms with Gasteiger partial charge in [0.05, 0.1) is 12.2 Å². The summed E-state index contributed by atoms with van der Waals surface area (Å²) in [6.07, 6.45) is 0. The summed E-state index contributed by atoms with van der Waals surface area (Å²) >= 11 is 0. The number of nitrogens with zero attached hydrogens (tertiary/aromatic N) is 3. The Bertz CT molecular complexity index is 733. The van der Waals surface area contributed by atoms with Crippen LogP contribution in [-0.2, 0) is 20.1 Å². The molecule has 1 aromatic carbocycles. The van der Waals surface area contributed by atoms with E-state index in [1.54, 1.807) is 13.0 Å². The number of aromatic nitrogens is 2. The number of hydrogen-bond acceptors (Lipinski definition) is 2. The van der Waals surface area contributed by atoms with Gasteiger partial charge >= 0.3 is 0 Å². The van der Waals surface area contributed by atoms with Crippen molar-refractivity contribution in [3.63, 3.8) is 0 Å². The number of aliphatic imine (C=N–C) groups is 1.